The average molecular weight is 288 g/mol. The van der Waals surface area contributed by atoms with E-state index in [2.05, 4.69) is 33.0 Å². The van der Waals surface area contributed by atoms with E-state index in [1.54, 1.807) is 0 Å². The fourth-order valence-corrected chi connectivity index (χ4v) is 2.44. The van der Waals surface area contributed by atoms with Crippen molar-refractivity contribution in [3.05, 3.63) is 10.7 Å². The molecule has 2 heterocycles. The number of halogens is 1. The molecule has 0 aliphatic carbocycles. The topological polar surface area (TPSA) is 30.3 Å². The average Bonchev–Trinajstić information content (AvgIpc) is 2.62. The fourth-order valence-electron chi connectivity index (χ4n) is 2.03. The molecule has 0 bridgehead atoms. The number of nitrogens with zero attached hydrogens (tertiary/aromatic N) is 3. The van der Waals surface area contributed by atoms with Crippen LogP contribution in [0.3, 0.4) is 0 Å². The first-order valence-corrected chi connectivity index (χ1v) is 6.56. The molecule has 1 aromatic heterocycles. The Labute approximate surface area is 105 Å². The van der Waals surface area contributed by atoms with Gasteiger partial charge in [-0.05, 0) is 55.8 Å². The van der Waals surface area contributed by atoms with Crippen molar-refractivity contribution < 1.29 is 4.74 Å². The van der Waals surface area contributed by atoms with E-state index in [0.717, 1.165) is 30.4 Å². The number of piperidine rings is 1. The third kappa shape index (κ3) is 2.58. The van der Waals surface area contributed by atoms with E-state index in [9.17, 15) is 0 Å². The third-order valence-electron chi connectivity index (χ3n) is 3.00. The van der Waals surface area contributed by atoms with Gasteiger partial charge in [0.2, 0.25) is 5.88 Å². The molecule has 5 heteroatoms. The van der Waals surface area contributed by atoms with Gasteiger partial charge in [-0.25, -0.2) is 0 Å². The second-order valence-corrected chi connectivity index (χ2v) is 5.08. The Kier molecular flexibility index (Phi) is 3.86. The minimum absolute atomic E-state index is 0.515. The molecule has 1 aliphatic heterocycles. The molecule has 16 heavy (non-hydrogen) atoms. The van der Waals surface area contributed by atoms with Gasteiger partial charge in [0.05, 0.1) is 17.1 Å². The summed E-state index contributed by atoms with van der Waals surface area (Å²) in [6.45, 7) is 4.92. The van der Waals surface area contributed by atoms with E-state index >= 15 is 0 Å². The molecule has 0 aromatic carbocycles. The fraction of sp³-hybridized carbons (Fsp3) is 0.727. The Bertz CT molecular complexity index is 345. The lowest BCUT2D eigenvalue weighted by Gasteiger charge is -2.28. The molecular weight excluding hydrogens is 270 g/mol. The summed E-state index contributed by atoms with van der Waals surface area (Å²) in [5.74, 6) is 0.710. The smallest absolute Gasteiger partial charge is 0.247 e. The molecule has 0 atom stereocenters. The van der Waals surface area contributed by atoms with Crippen molar-refractivity contribution in [2.75, 3.05) is 26.7 Å². The zero-order valence-electron chi connectivity index (χ0n) is 9.82. The normalized spacial score (nSPS) is 18.9. The Morgan fingerprint density at radius 2 is 2.19 bits per heavy atom. The predicted octanol–water partition coefficient (Wildman–Crippen LogP) is 2.31. The van der Waals surface area contributed by atoms with Crippen LogP contribution >= 0.6 is 15.9 Å². The van der Waals surface area contributed by atoms with Crippen molar-refractivity contribution in [1.29, 1.82) is 0 Å². The van der Waals surface area contributed by atoms with Crippen LogP contribution in [0.1, 0.15) is 25.8 Å². The van der Waals surface area contributed by atoms with E-state index in [4.69, 9.17) is 4.74 Å². The van der Waals surface area contributed by atoms with Crippen LogP contribution in [0.2, 0.25) is 0 Å². The zero-order valence-corrected chi connectivity index (χ0v) is 11.4. The highest BCUT2D eigenvalue weighted by Crippen LogP contribution is 2.28. The van der Waals surface area contributed by atoms with Crippen LogP contribution in [0.15, 0.2) is 10.7 Å². The maximum absolute atomic E-state index is 5.44. The SMILES string of the molecule is CCOc1nn(C2CCN(C)CC2)cc1Br. The summed E-state index contributed by atoms with van der Waals surface area (Å²) in [6, 6.07) is 0.515. The first kappa shape index (κ1) is 11.9. The zero-order chi connectivity index (χ0) is 11.5. The van der Waals surface area contributed by atoms with Crippen molar-refractivity contribution in [3.63, 3.8) is 0 Å². The third-order valence-corrected chi connectivity index (χ3v) is 3.54. The summed E-state index contributed by atoms with van der Waals surface area (Å²) in [6.07, 6.45) is 4.35. The van der Waals surface area contributed by atoms with Crippen LogP contribution in [-0.2, 0) is 0 Å². The molecule has 0 amide bonds. The van der Waals surface area contributed by atoms with E-state index < -0.39 is 0 Å². The van der Waals surface area contributed by atoms with Crippen LogP contribution in [0, 0.1) is 0 Å². The van der Waals surface area contributed by atoms with E-state index in [-0.39, 0.29) is 0 Å². The standard InChI is InChI=1S/C11H18BrN3O/c1-3-16-11-10(12)8-15(13-11)9-4-6-14(2)7-5-9/h8-9H,3-7H2,1-2H3. The molecule has 1 aliphatic rings. The number of hydrogen-bond acceptors (Lipinski definition) is 3. The van der Waals surface area contributed by atoms with E-state index in [1.165, 1.54) is 0 Å². The first-order valence-electron chi connectivity index (χ1n) is 5.76. The van der Waals surface area contributed by atoms with Crippen LogP contribution < -0.4 is 4.74 Å². The van der Waals surface area contributed by atoms with Gasteiger partial charge in [0.1, 0.15) is 0 Å². The van der Waals surface area contributed by atoms with Gasteiger partial charge in [-0.2, -0.15) is 0 Å². The van der Waals surface area contributed by atoms with Crippen molar-refractivity contribution in [2.24, 2.45) is 0 Å². The van der Waals surface area contributed by atoms with Crippen molar-refractivity contribution >= 4 is 15.9 Å². The minimum Gasteiger partial charge on any atom is -0.476 e. The van der Waals surface area contributed by atoms with E-state index in [1.807, 2.05) is 17.8 Å². The molecule has 0 spiro atoms. The van der Waals surface area contributed by atoms with E-state index in [0.29, 0.717) is 18.5 Å². The number of ether oxygens (including phenoxy) is 1. The Morgan fingerprint density at radius 3 is 2.81 bits per heavy atom. The maximum atomic E-state index is 5.44. The molecule has 1 fully saturated rings. The Morgan fingerprint density at radius 1 is 1.50 bits per heavy atom. The maximum Gasteiger partial charge on any atom is 0.247 e. The summed E-state index contributed by atoms with van der Waals surface area (Å²) >= 11 is 3.48. The van der Waals surface area contributed by atoms with Crippen molar-refractivity contribution in [1.82, 2.24) is 14.7 Å². The summed E-state index contributed by atoms with van der Waals surface area (Å²) < 4.78 is 8.44. The first-order chi connectivity index (χ1) is 7.70. The van der Waals surface area contributed by atoms with Gasteiger partial charge >= 0.3 is 0 Å². The molecule has 0 unspecified atom stereocenters. The van der Waals surface area contributed by atoms with Crippen molar-refractivity contribution in [2.45, 2.75) is 25.8 Å². The highest BCUT2D eigenvalue weighted by atomic mass is 79.9. The predicted molar refractivity (Wildman–Crippen MR) is 66.9 cm³/mol. The van der Waals surface area contributed by atoms with Gasteiger partial charge in [-0.15, -0.1) is 5.10 Å². The Hall–Kier alpha value is -0.550. The summed E-state index contributed by atoms with van der Waals surface area (Å²) in [5, 5.41) is 4.48. The molecule has 0 saturated carbocycles. The monoisotopic (exact) mass is 287 g/mol. The lowest BCUT2D eigenvalue weighted by atomic mass is 10.1. The second-order valence-electron chi connectivity index (χ2n) is 4.23. The highest BCUT2D eigenvalue weighted by molar-refractivity contribution is 9.10. The van der Waals surface area contributed by atoms with Gasteiger partial charge in [0.15, 0.2) is 0 Å². The number of rotatable bonds is 3. The van der Waals surface area contributed by atoms with Crippen LogP contribution in [-0.4, -0.2) is 41.4 Å². The quantitative estimate of drug-likeness (QED) is 0.855. The summed E-state index contributed by atoms with van der Waals surface area (Å²) in [4.78, 5) is 2.36. The van der Waals surface area contributed by atoms with Gasteiger partial charge < -0.3 is 9.64 Å². The van der Waals surface area contributed by atoms with Crippen LogP contribution in [0.25, 0.3) is 0 Å². The summed E-state index contributed by atoms with van der Waals surface area (Å²) in [7, 11) is 2.17. The second kappa shape index (κ2) is 5.19. The summed E-state index contributed by atoms with van der Waals surface area (Å²) in [5.41, 5.74) is 0. The van der Waals surface area contributed by atoms with Crippen LogP contribution in [0.5, 0.6) is 5.88 Å². The van der Waals surface area contributed by atoms with Gasteiger partial charge in [0, 0.05) is 6.20 Å². The molecule has 0 radical (unpaired) electrons. The Balaban J connectivity index is 2.06. The lowest BCUT2D eigenvalue weighted by molar-refractivity contribution is 0.209. The van der Waals surface area contributed by atoms with Crippen LogP contribution in [0.4, 0.5) is 0 Å². The number of likely N-dealkylation sites (tertiary alicyclic amines) is 1. The minimum atomic E-state index is 0.515. The van der Waals surface area contributed by atoms with Gasteiger partial charge in [-0.3, -0.25) is 4.68 Å². The number of hydrogen-bond donors (Lipinski definition) is 0. The largest absolute Gasteiger partial charge is 0.476 e. The molecule has 4 nitrogen and oxygen atoms in total. The van der Waals surface area contributed by atoms with Crippen molar-refractivity contribution in [3.8, 4) is 5.88 Å². The molecule has 0 N–H and O–H groups in total. The molecule has 90 valence electrons. The van der Waals surface area contributed by atoms with Gasteiger partial charge in [-0.1, -0.05) is 0 Å². The number of aromatic nitrogens is 2. The molecular formula is C11H18BrN3O. The molecule has 1 saturated heterocycles. The highest BCUT2D eigenvalue weighted by Gasteiger charge is 2.20. The molecule has 1 aromatic rings. The van der Waals surface area contributed by atoms with Gasteiger partial charge in [0.25, 0.3) is 0 Å². The molecule has 2 rings (SSSR count). The lowest BCUT2D eigenvalue weighted by Crippen LogP contribution is -2.31.